The third-order valence-electron chi connectivity index (χ3n) is 4.44. The summed E-state index contributed by atoms with van der Waals surface area (Å²) in [4.78, 5) is 15.9. The zero-order valence-electron chi connectivity index (χ0n) is 11.0. The monoisotopic (exact) mass is 269 g/mol. The number of carbonyl (C=O) groups is 1. The van der Waals surface area contributed by atoms with E-state index in [1.54, 1.807) is 0 Å². The standard InChI is InChI=1S/C15H15N3O2/c19-14(12-7-15(12)5-6-15)16-8-10-1-3-11(4-2-10)13-17-9-20-18-13/h1-4,9,12H,5-8H2,(H,16,19). The molecule has 1 heterocycles. The van der Waals surface area contributed by atoms with Gasteiger partial charge in [-0.2, -0.15) is 4.98 Å². The molecule has 1 amide bonds. The number of hydrogen-bond acceptors (Lipinski definition) is 4. The summed E-state index contributed by atoms with van der Waals surface area (Å²) >= 11 is 0. The smallest absolute Gasteiger partial charge is 0.223 e. The average molecular weight is 269 g/mol. The number of nitrogens with one attached hydrogen (secondary N) is 1. The Hall–Kier alpha value is -2.17. The lowest BCUT2D eigenvalue weighted by Crippen LogP contribution is -2.25. The molecule has 1 unspecified atom stereocenters. The highest BCUT2D eigenvalue weighted by Crippen LogP contribution is 2.70. The molecule has 1 N–H and O–H groups in total. The fourth-order valence-corrected chi connectivity index (χ4v) is 2.81. The minimum atomic E-state index is 0.213. The predicted octanol–water partition coefficient (Wildman–Crippen LogP) is 2.15. The largest absolute Gasteiger partial charge is 0.352 e. The number of carbonyl (C=O) groups excluding carboxylic acids is 1. The number of benzene rings is 1. The molecule has 5 heteroatoms. The van der Waals surface area contributed by atoms with Crippen molar-refractivity contribution in [3.05, 3.63) is 36.2 Å². The van der Waals surface area contributed by atoms with Crippen molar-refractivity contribution in [2.24, 2.45) is 11.3 Å². The summed E-state index contributed by atoms with van der Waals surface area (Å²) in [6.45, 7) is 0.581. The zero-order chi connectivity index (χ0) is 13.6. The van der Waals surface area contributed by atoms with Crippen LogP contribution in [0.15, 0.2) is 35.2 Å². The molecule has 2 saturated carbocycles. The fourth-order valence-electron chi connectivity index (χ4n) is 2.81. The van der Waals surface area contributed by atoms with E-state index in [0.29, 0.717) is 17.8 Å². The van der Waals surface area contributed by atoms with Gasteiger partial charge in [0.2, 0.25) is 18.1 Å². The minimum absolute atomic E-state index is 0.213. The Labute approximate surface area is 116 Å². The van der Waals surface area contributed by atoms with E-state index in [4.69, 9.17) is 4.52 Å². The lowest BCUT2D eigenvalue weighted by Gasteiger charge is -2.05. The molecule has 2 fully saturated rings. The van der Waals surface area contributed by atoms with Gasteiger partial charge in [0.15, 0.2) is 0 Å². The third kappa shape index (κ3) is 1.99. The molecular weight excluding hydrogens is 254 g/mol. The number of amides is 1. The van der Waals surface area contributed by atoms with E-state index in [1.165, 1.54) is 19.2 Å². The molecule has 0 bridgehead atoms. The van der Waals surface area contributed by atoms with Crippen molar-refractivity contribution in [2.75, 3.05) is 0 Å². The van der Waals surface area contributed by atoms with Gasteiger partial charge in [-0.3, -0.25) is 4.79 Å². The second-order valence-corrected chi connectivity index (χ2v) is 5.79. The van der Waals surface area contributed by atoms with Crippen molar-refractivity contribution in [1.29, 1.82) is 0 Å². The summed E-state index contributed by atoms with van der Waals surface area (Å²) in [5, 5.41) is 6.81. The first-order chi connectivity index (χ1) is 9.77. The van der Waals surface area contributed by atoms with Crippen LogP contribution >= 0.6 is 0 Å². The van der Waals surface area contributed by atoms with Crippen LogP contribution < -0.4 is 5.32 Å². The van der Waals surface area contributed by atoms with Gasteiger partial charge < -0.3 is 9.84 Å². The zero-order valence-corrected chi connectivity index (χ0v) is 11.0. The molecule has 1 spiro atoms. The first kappa shape index (κ1) is 11.6. The summed E-state index contributed by atoms with van der Waals surface area (Å²) in [6.07, 6.45) is 4.89. The van der Waals surface area contributed by atoms with Crippen molar-refractivity contribution in [2.45, 2.75) is 25.8 Å². The topological polar surface area (TPSA) is 68.0 Å². The Balaban J connectivity index is 1.36. The lowest BCUT2D eigenvalue weighted by atomic mass is 10.1. The summed E-state index contributed by atoms with van der Waals surface area (Å²) in [7, 11) is 0. The maximum absolute atomic E-state index is 11.9. The molecule has 0 aliphatic heterocycles. The van der Waals surface area contributed by atoms with Crippen molar-refractivity contribution in [1.82, 2.24) is 15.5 Å². The molecule has 0 saturated heterocycles. The van der Waals surface area contributed by atoms with Gasteiger partial charge in [0.05, 0.1) is 0 Å². The van der Waals surface area contributed by atoms with Gasteiger partial charge in [0, 0.05) is 18.0 Å². The van der Waals surface area contributed by atoms with Gasteiger partial charge in [-0.1, -0.05) is 29.4 Å². The van der Waals surface area contributed by atoms with Gasteiger partial charge in [-0.15, -0.1) is 0 Å². The predicted molar refractivity (Wildman–Crippen MR) is 71.4 cm³/mol. The molecule has 2 aliphatic carbocycles. The van der Waals surface area contributed by atoms with E-state index in [2.05, 4.69) is 15.5 Å². The molecule has 1 aromatic carbocycles. The van der Waals surface area contributed by atoms with Gasteiger partial charge in [-0.05, 0) is 30.2 Å². The number of aromatic nitrogens is 2. The Morgan fingerprint density at radius 1 is 1.35 bits per heavy atom. The summed E-state index contributed by atoms with van der Waals surface area (Å²) in [5.74, 6) is 1.07. The second kappa shape index (κ2) is 4.16. The third-order valence-corrected chi connectivity index (χ3v) is 4.44. The number of nitrogens with zero attached hydrogens (tertiary/aromatic N) is 2. The maximum Gasteiger partial charge on any atom is 0.223 e. The van der Waals surface area contributed by atoms with E-state index in [1.807, 2.05) is 24.3 Å². The molecule has 2 aromatic rings. The SMILES string of the molecule is O=C(NCc1ccc(-c2ncon2)cc1)C1CC12CC2. The van der Waals surface area contributed by atoms with Crippen molar-refractivity contribution < 1.29 is 9.32 Å². The molecule has 2 aliphatic rings. The molecule has 0 radical (unpaired) electrons. The van der Waals surface area contributed by atoms with Gasteiger partial charge in [-0.25, -0.2) is 0 Å². The van der Waals surface area contributed by atoms with Crippen LogP contribution in [-0.4, -0.2) is 16.0 Å². The van der Waals surface area contributed by atoms with Crippen LogP contribution in [0.3, 0.4) is 0 Å². The van der Waals surface area contributed by atoms with E-state index < -0.39 is 0 Å². The van der Waals surface area contributed by atoms with Crippen LogP contribution in [-0.2, 0) is 11.3 Å². The Morgan fingerprint density at radius 3 is 2.75 bits per heavy atom. The fraction of sp³-hybridized carbons (Fsp3) is 0.400. The van der Waals surface area contributed by atoms with Crippen molar-refractivity contribution >= 4 is 5.91 Å². The van der Waals surface area contributed by atoms with Crippen LogP contribution in [0.2, 0.25) is 0 Å². The molecule has 4 rings (SSSR count). The summed E-state index contributed by atoms with van der Waals surface area (Å²) in [6, 6.07) is 7.83. The Kier molecular flexibility index (Phi) is 2.42. The average Bonchev–Trinajstić information content (AvgIpc) is 3.35. The first-order valence-corrected chi connectivity index (χ1v) is 6.90. The minimum Gasteiger partial charge on any atom is -0.352 e. The number of rotatable bonds is 4. The van der Waals surface area contributed by atoms with E-state index in [9.17, 15) is 4.79 Å². The van der Waals surface area contributed by atoms with Crippen LogP contribution in [0.5, 0.6) is 0 Å². The highest BCUT2D eigenvalue weighted by molar-refractivity contribution is 5.83. The Morgan fingerprint density at radius 2 is 2.15 bits per heavy atom. The van der Waals surface area contributed by atoms with Crippen LogP contribution in [0.25, 0.3) is 11.4 Å². The molecular formula is C15H15N3O2. The van der Waals surface area contributed by atoms with E-state index in [-0.39, 0.29) is 11.8 Å². The van der Waals surface area contributed by atoms with Gasteiger partial charge >= 0.3 is 0 Å². The van der Waals surface area contributed by atoms with E-state index >= 15 is 0 Å². The maximum atomic E-state index is 11.9. The van der Waals surface area contributed by atoms with Gasteiger partial charge in [0.1, 0.15) is 0 Å². The number of hydrogen-bond donors (Lipinski definition) is 1. The van der Waals surface area contributed by atoms with Crippen LogP contribution in [0, 0.1) is 11.3 Å². The Bertz CT molecular complexity index is 630. The summed E-state index contributed by atoms with van der Waals surface area (Å²) < 4.78 is 4.72. The molecule has 1 aromatic heterocycles. The molecule has 5 nitrogen and oxygen atoms in total. The van der Waals surface area contributed by atoms with Crippen LogP contribution in [0.1, 0.15) is 24.8 Å². The van der Waals surface area contributed by atoms with Crippen molar-refractivity contribution in [3.8, 4) is 11.4 Å². The van der Waals surface area contributed by atoms with Gasteiger partial charge in [0.25, 0.3) is 0 Å². The van der Waals surface area contributed by atoms with Crippen LogP contribution in [0.4, 0.5) is 0 Å². The van der Waals surface area contributed by atoms with E-state index in [0.717, 1.165) is 17.5 Å². The molecule has 20 heavy (non-hydrogen) atoms. The molecule has 1 atom stereocenters. The highest BCUT2D eigenvalue weighted by Gasteiger charge is 2.65. The summed E-state index contributed by atoms with van der Waals surface area (Å²) in [5.41, 5.74) is 2.41. The second-order valence-electron chi connectivity index (χ2n) is 5.79. The quantitative estimate of drug-likeness (QED) is 0.923. The lowest BCUT2D eigenvalue weighted by molar-refractivity contribution is -0.122. The highest BCUT2D eigenvalue weighted by atomic mass is 16.5. The molecule has 102 valence electrons. The first-order valence-electron chi connectivity index (χ1n) is 6.90. The van der Waals surface area contributed by atoms with Crippen molar-refractivity contribution in [3.63, 3.8) is 0 Å². The normalized spacial score (nSPS) is 21.7.